The van der Waals surface area contributed by atoms with Crippen molar-refractivity contribution in [1.82, 2.24) is 0 Å². The molecule has 0 saturated heterocycles. The normalized spacial score (nSPS) is 11.4. The zero-order chi connectivity index (χ0) is 9.90. The second kappa shape index (κ2) is 3.87. The standard InChI is InChI=1S/C8H7ClF3N/c9-6-3-1-2-4-7(6)13-5-8(10,11)12/h1-4,13H,5H2. The van der Waals surface area contributed by atoms with Crippen molar-refractivity contribution in [2.24, 2.45) is 0 Å². The molecule has 0 aromatic heterocycles. The van der Waals surface area contributed by atoms with Crippen molar-refractivity contribution in [2.45, 2.75) is 6.18 Å². The summed E-state index contributed by atoms with van der Waals surface area (Å²) in [6, 6.07) is 6.29. The zero-order valence-corrected chi connectivity index (χ0v) is 7.28. The average Bonchev–Trinajstić information content (AvgIpc) is 2.01. The molecule has 1 nitrogen and oxygen atoms in total. The van der Waals surface area contributed by atoms with Gasteiger partial charge in [-0.1, -0.05) is 23.7 Å². The monoisotopic (exact) mass is 209 g/mol. The summed E-state index contributed by atoms with van der Waals surface area (Å²) in [7, 11) is 0. The van der Waals surface area contributed by atoms with Gasteiger partial charge in [-0.2, -0.15) is 13.2 Å². The molecular formula is C8H7ClF3N. The van der Waals surface area contributed by atoms with Crippen molar-refractivity contribution < 1.29 is 13.2 Å². The third-order valence-corrected chi connectivity index (χ3v) is 1.68. The molecule has 0 radical (unpaired) electrons. The quantitative estimate of drug-likeness (QED) is 0.788. The first-order valence-electron chi connectivity index (χ1n) is 3.54. The number of hydrogen-bond donors (Lipinski definition) is 1. The molecule has 5 heteroatoms. The van der Waals surface area contributed by atoms with E-state index in [1.54, 1.807) is 12.1 Å². The molecule has 0 amide bonds. The minimum Gasteiger partial charge on any atom is -0.375 e. The van der Waals surface area contributed by atoms with Crippen molar-refractivity contribution in [1.29, 1.82) is 0 Å². The number of para-hydroxylation sites is 1. The predicted molar refractivity (Wildman–Crippen MR) is 46.0 cm³/mol. The first-order chi connectivity index (χ1) is 5.99. The number of benzene rings is 1. The van der Waals surface area contributed by atoms with Crippen LogP contribution in [0.15, 0.2) is 24.3 Å². The number of nitrogens with one attached hydrogen (secondary N) is 1. The van der Waals surface area contributed by atoms with Crippen LogP contribution < -0.4 is 5.32 Å². The van der Waals surface area contributed by atoms with E-state index in [4.69, 9.17) is 11.6 Å². The fraction of sp³-hybridized carbons (Fsp3) is 0.250. The predicted octanol–water partition coefficient (Wildman–Crippen LogP) is 3.31. The van der Waals surface area contributed by atoms with E-state index >= 15 is 0 Å². The highest BCUT2D eigenvalue weighted by molar-refractivity contribution is 6.33. The Morgan fingerprint density at radius 3 is 2.38 bits per heavy atom. The van der Waals surface area contributed by atoms with Gasteiger partial charge in [0.25, 0.3) is 0 Å². The third-order valence-electron chi connectivity index (χ3n) is 1.35. The molecule has 1 N–H and O–H groups in total. The summed E-state index contributed by atoms with van der Waals surface area (Å²) < 4.78 is 35.3. The summed E-state index contributed by atoms with van der Waals surface area (Å²) in [4.78, 5) is 0. The Kier molecular flexibility index (Phi) is 3.03. The summed E-state index contributed by atoms with van der Waals surface area (Å²) in [5.41, 5.74) is 0.293. The number of halogens is 4. The Morgan fingerprint density at radius 2 is 1.85 bits per heavy atom. The minimum atomic E-state index is -4.22. The van der Waals surface area contributed by atoms with Crippen LogP contribution in [0.1, 0.15) is 0 Å². The van der Waals surface area contributed by atoms with Gasteiger partial charge in [-0.15, -0.1) is 0 Å². The van der Waals surface area contributed by atoms with Gasteiger partial charge in [0, 0.05) is 0 Å². The van der Waals surface area contributed by atoms with Gasteiger partial charge in [0.2, 0.25) is 0 Å². The van der Waals surface area contributed by atoms with Crippen LogP contribution >= 0.6 is 11.6 Å². The lowest BCUT2D eigenvalue weighted by atomic mass is 10.3. The largest absolute Gasteiger partial charge is 0.405 e. The number of hydrogen-bond acceptors (Lipinski definition) is 1. The van der Waals surface area contributed by atoms with E-state index in [2.05, 4.69) is 5.32 Å². The molecule has 13 heavy (non-hydrogen) atoms. The summed E-state index contributed by atoms with van der Waals surface area (Å²) in [6.07, 6.45) is -4.22. The number of alkyl halides is 3. The maximum Gasteiger partial charge on any atom is 0.405 e. The smallest absolute Gasteiger partial charge is 0.375 e. The first kappa shape index (κ1) is 10.2. The zero-order valence-electron chi connectivity index (χ0n) is 6.53. The highest BCUT2D eigenvalue weighted by atomic mass is 35.5. The second-order valence-electron chi connectivity index (χ2n) is 2.45. The Hall–Kier alpha value is -0.900. The second-order valence-corrected chi connectivity index (χ2v) is 2.86. The Bertz CT molecular complexity index is 285. The summed E-state index contributed by atoms with van der Waals surface area (Å²) >= 11 is 5.62. The van der Waals surface area contributed by atoms with Gasteiger partial charge < -0.3 is 5.32 Å². The van der Waals surface area contributed by atoms with Gasteiger partial charge in [0.05, 0.1) is 10.7 Å². The molecule has 0 fully saturated rings. The highest BCUT2D eigenvalue weighted by Gasteiger charge is 2.26. The minimum absolute atomic E-state index is 0.284. The lowest BCUT2D eigenvalue weighted by Crippen LogP contribution is -2.21. The van der Waals surface area contributed by atoms with Gasteiger partial charge in [0.1, 0.15) is 6.54 Å². The lowest BCUT2D eigenvalue weighted by Gasteiger charge is -2.10. The van der Waals surface area contributed by atoms with Crippen molar-refractivity contribution in [3.05, 3.63) is 29.3 Å². The van der Waals surface area contributed by atoms with E-state index in [0.29, 0.717) is 5.69 Å². The Labute approximate surface area is 78.5 Å². The molecule has 0 unspecified atom stereocenters. The topological polar surface area (TPSA) is 12.0 Å². The van der Waals surface area contributed by atoms with E-state index in [1.807, 2.05) is 0 Å². The van der Waals surface area contributed by atoms with Crippen molar-refractivity contribution in [3.63, 3.8) is 0 Å². The van der Waals surface area contributed by atoms with E-state index in [1.165, 1.54) is 12.1 Å². The van der Waals surface area contributed by atoms with Crippen LogP contribution in [0.3, 0.4) is 0 Å². The molecule has 0 spiro atoms. The first-order valence-corrected chi connectivity index (χ1v) is 3.92. The summed E-state index contributed by atoms with van der Waals surface area (Å²) in [5, 5.41) is 2.48. The maximum atomic E-state index is 11.8. The molecule has 0 aliphatic rings. The summed E-state index contributed by atoms with van der Waals surface area (Å²) in [5.74, 6) is 0. The molecule has 0 aliphatic heterocycles. The molecule has 0 saturated carbocycles. The molecule has 0 atom stereocenters. The van der Waals surface area contributed by atoms with Crippen molar-refractivity contribution in [3.8, 4) is 0 Å². The van der Waals surface area contributed by atoms with E-state index in [0.717, 1.165) is 0 Å². The molecule has 0 heterocycles. The fourth-order valence-electron chi connectivity index (χ4n) is 0.800. The average molecular weight is 210 g/mol. The third kappa shape index (κ3) is 3.55. The Morgan fingerprint density at radius 1 is 1.23 bits per heavy atom. The van der Waals surface area contributed by atoms with Gasteiger partial charge in [-0.25, -0.2) is 0 Å². The van der Waals surface area contributed by atoms with Gasteiger partial charge in [-0.3, -0.25) is 0 Å². The SMILES string of the molecule is FC(F)(F)CNc1ccccc1Cl. The van der Waals surface area contributed by atoms with Crippen molar-refractivity contribution >= 4 is 17.3 Å². The highest BCUT2D eigenvalue weighted by Crippen LogP contribution is 2.22. The van der Waals surface area contributed by atoms with Crippen molar-refractivity contribution in [2.75, 3.05) is 11.9 Å². The van der Waals surface area contributed by atoms with Gasteiger partial charge in [0.15, 0.2) is 0 Å². The number of anilines is 1. The van der Waals surface area contributed by atoms with Crippen LogP contribution in [0, 0.1) is 0 Å². The number of rotatable bonds is 2. The fourth-order valence-corrected chi connectivity index (χ4v) is 1.00. The molecule has 0 bridgehead atoms. The van der Waals surface area contributed by atoms with Gasteiger partial charge in [-0.05, 0) is 12.1 Å². The molecule has 0 aliphatic carbocycles. The van der Waals surface area contributed by atoms with E-state index in [9.17, 15) is 13.2 Å². The summed E-state index contributed by atoms with van der Waals surface area (Å²) in [6.45, 7) is -1.07. The molecular weight excluding hydrogens is 203 g/mol. The molecule has 1 aromatic carbocycles. The lowest BCUT2D eigenvalue weighted by molar-refractivity contribution is -0.115. The maximum absolute atomic E-state index is 11.8. The van der Waals surface area contributed by atoms with Crippen LogP contribution in [-0.4, -0.2) is 12.7 Å². The van der Waals surface area contributed by atoms with Crippen LogP contribution in [0.4, 0.5) is 18.9 Å². The van der Waals surface area contributed by atoms with E-state index < -0.39 is 12.7 Å². The van der Waals surface area contributed by atoms with Crippen LogP contribution in [0.5, 0.6) is 0 Å². The van der Waals surface area contributed by atoms with Crippen LogP contribution in [0.2, 0.25) is 5.02 Å². The molecule has 72 valence electrons. The Balaban J connectivity index is 2.60. The van der Waals surface area contributed by atoms with E-state index in [-0.39, 0.29) is 5.02 Å². The van der Waals surface area contributed by atoms with Crippen LogP contribution in [0.25, 0.3) is 0 Å². The van der Waals surface area contributed by atoms with Gasteiger partial charge >= 0.3 is 6.18 Å². The molecule has 1 aromatic rings. The molecule has 1 rings (SSSR count). The van der Waals surface area contributed by atoms with Crippen LogP contribution in [-0.2, 0) is 0 Å².